The lowest BCUT2D eigenvalue weighted by molar-refractivity contribution is -0.155. The second-order valence-electron chi connectivity index (χ2n) is 9.51. The van der Waals surface area contributed by atoms with Gasteiger partial charge in [0.15, 0.2) is 17.6 Å². The first-order valence-corrected chi connectivity index (χ1v) is 11.1. The smallest absolute Gasteiger partial charge is 0.347 e. The molecule has 5 N–H and O–H groups in total. The molecular formula is C23H28N2O8. The zero-order valence-electron chi connectivity index (χ0n) is 18.4. The lowest BCUT2D eigenvalue weighted by atomic mass is 9.52. The third kappa shape index (κ3) is 2.94. The molecule has 178 valence electrons. The predicted molar refractivity (Wildman–Crippen MR) is 114 cm³/mol. The minimum Gasteiger partial charge on any atom is -0.504 e. The molecule has 1 saturated heterocycles. The van der Waals surface area contributed by atoms with Crippen molar-refractivity contribution in [2.24, 2.45) is 0 Å². The largest absolute Gasteiger partial charge is 0.504 e. The number of carbonyl (C=O) groups excluding carboxylic acids is 1. The van der Waals surface area contributed by atoms with Crippen molar-refractivity contribution in [3.63, 3.8) is 0 Å². The van der Waals surface area contributed by atoms with Gasteiger partial charge >= 0.3 is 11.9 Å². The zero-order chi connectivity index (χ0) is 23.7. The van der Waals surface area contributed by atoms with Gasteiger partial charge in [-0.3, -0.25) is 5.32 Å². The molecule has 2 heterocycles. The van der Waals surface area contributed by atoms with Crippen molar-refractivity contribution in [1.82, 2.24) is 10.2 Å². The van der Waals surface area contributed by atoms with E-state index in [1.165, 1.54) is 6.92 Å². The molecule has 0 saturated carbocycles. The number of hydrogen-bond acceptors (Lipinski definition) is 9. The number of nitrogens with zero attached hydrogens (tertiary/aromatic N) is 1. The third-order valence-corrected chi connectivity index (χ3v) is 7.79. The van der Waals surface area contributed by atoms with Gasteiger partial charge in [0.1, 0.15) is 11.8 Å². The van der Waals surface area contributed by atoms with Crippen LogP contribution in [0.4, 0.5) is 0 Å². The standard InChI is InChI=1S/C23H28N2O8/c1-11(24-19(27)20(28)29)21(30)32-14-6-8-23(31)15-10-12-4-5-13(26)17-16(12)22(23,18(14)33-17)7-3-9-25(15)2/h4-6,11,15,18-19,24,26-27,31H,3,7-10H2,1-2H3,(H,28,29)/t11-,15+,18-,19+,22-,23+/m0/s1. The summed E-state index contributed by atoms with van der Waals surface area (Å²) in [6.45, 7) is 2.18. The quantitative estimate of drug-likeness (QED) is 0.300. The van der Waals surface area contributed by atoms with Gasteiger partial charge in [-0.2, -0.15) is 0 Å². The van der Waals surface area contributed by atoms with Crippen LogP contribution in [-0.4, -0.2) is 80.9 Å². The van der Waals surface area contributed by atoms with Crippen LogP contribution in [0.1, 0.15) is 37.3 Å². The van der Waals surface area contributed by atoms with Gasteiger partial charge in [0, 0.05) is 18.0 Å². The van der Waals surface area contributed by atoms with Crippen molar-refractivity contribution in [3.8, 4) is 11.5 Å². The van der Waals surface area contributed by atoms with E-state index in [-0.39, 0.29) is 24.0 Å². The van der Waals surface area contributed by atoms with Gasteiger partial charge in [0.2, 0.25) is 6.23 Å². The van der Waals surface area contributed by atoms with Gasteiger partial charge in [-0.15, -0.1) is 0 Å². The number of likely N-dealkylation sites (N-methyl/N-ethyl adjacent to an activating group) is 1. The van der Waals surface area contributed by atoms with Crippen LogP contribution in [0.3, 0.4) is 0 Å². The molecule has 0 unspecified atom stereocenters. The number of ether oxygens (including phenoxy) is 2. The molecule has 5 rings (SSSR count). The summed E-state index contributed by atoms with van der Waals surface area (Å²) >= 11 is 0. The van der Waals surface area contributed by atoms with Crippen LogP contribution in [0.15, 0.2) is 24.0 Å². The molecule has 10 nitrogen and oxygen atoms in total. The first-order chi connectivity index (χ1) is 15.6. The first kappa shape index (κ1) is 22.1. The van der Waals surface area contributed by atoms with Crippen LogP contribution < -0.4 is 10.1 Å². The number of aliphatic hydroxyl groups excluding tert-OH is 1. The lowest BCUT2D eigenvalue weighted by Gasteiger charge is -2.56. The molecule has 1 aromatic rings. The maximum absolute atomic E-state index is 12.7. The Morgan fingerprint density at radius 1 is 1.36 bits per heavy atom. The van der Waals surface area contributed by atoms with Gasteiger partial charge in [-0.25, -0.2) is 9.59 Å². The van der Waals surface area contributed by atoms with E-state index in [0.717, 1.165) is 24.1 Å². The molecular weight excluding hydrogens is 432 g/mol. The molecule has 1 fully saturated rings. The fourth-order valence-corrected chi connectivity index (χ4v) is 6.27. The number of carboxylic acid groups (broad SMARTS) is 1. The molecule has 1 spiro atoms. The molecule has 10 heteroatoms. The van der Waals surface area contributed by atoms with E-state index < -0.39 is 41.3 Å². The Morgan fingerprint density at radius 2 is 2.12 bits per heavy atom. The van der Waals surface area contributed by atoms with Crippen molar-refractivity contribution in [1.29, 1.82) is 0 Å². The average molecular weight is 460 g/mol. The number of aromatic hydroxyl groups is 1. The number of phenolic OH excluding ortho intramolecular Hbond substituents is 1. The van der Waals surface area contributed by atoms with E-state index >= 15 is 0 Å². The zero-order valence-corrected chi connectivity index (χ0v) is 18.4. The van der Waals surface area contributed by atoms with E-state index in [4.69, 9.17) is 14.6 Å². The SMILES string of the molecule is C[C@H](N[C@H](O)C(=O)O)C(=O)OC1=CC[C@@]2(O)[C@H]3Cc4ccc(O)c5c4[C@@]2(CCCN3C)[C@H]1O5. The molecule has 4 aliphatic rings. The van der Waals surface area contributed by atoms with Crippen LogP contribution in [0.2, 0.25) is 0 Å². The Hall–Kier alpha value is -2.66. The van der Waals surface area contributed by atoms with Crippen LogP contribution in [-0.2, 0) is 26.2 Å². The molecule has 2 aliphatic heterocycles. The molecule has 33 heavy (non-hydrogen) atoms. The monoisotopic (exact) mass is 460 g/mol. The summed E-state index contributed by atoms with van der Waals surface area (Å²) in [7, 11) is 2.00. The van der Waals surface area contributed by atoms with Crippen LogP contribution in [0.5, 0.6) is 11.5 Å². The number of nitrogens with one attached hydrogen (secondary N) is 1. The Kier molecular flexibility index (Phi) is 4.98. The van der Waals surface area contributed by atoms with Crippen LogP contribution >= 0.6 is 0 Å². The number of carbonyl (C=O) groups is 2. The highest BCUT2D eigenvalue weighted by Gasteiger charge is 2.71. The highest BCUT2D eigenvalue weighted by molar-refractivity contribution is 5.78. The summed E-state index contributed by atoms with van der Waals surface area (Å²) in [6, 6.07) is 2.18. The summed E-state index contributed by atoms with van der Waals surface area (Å²) in [5, 5.41) is 43.4. The molecule has 1 aromatic carbocycles. The first-order valence-electron chi connectivity index (χ1n) is 11.1. The summed E-state index contributed by atoms with van der Waals surface area (Å²) < 4.78 is 11.9. The Balaban J connectivity index is 1.55. The fraction of sp³-hybridized carbons (Fsp3) is 0.565. The summed E-state index contributed by atoms with van der Waals surface area (Å²) in [4.78, 5) is 25.8. The van der Waals surface area contributed by atoms with Gasteiger partial charge in [-0.1, -0.05) is 6.07 Å². The maximum atomic E-state index is 12.7. The van der Waals surface area contributed by atoms with E-state index in [1.54, 1.807) is 12.1 Å². The van der Waals surface area contributed by atoms with Crippen molar-refractivity contribution in [2.45, 2.75) is 68.0 Å². The highest BCUT2D eigenvalue weighted by atomic mass is 16.6. The number of hydrogen-bond donors (Lipinski definition) is 5. The predicted octanol–water partition coefficient (Wildman–Crippen LogP) is -0.0157. The Bertz CT molecular complexity index is 1060. The van der Waals surface area contributed by atoms with E-state index in [2.05, 4.69) is 10.2 Å². The maximum Gasteiger partial charge on any atom is 0.347 e. The van der Waals surface area contributed by atoms with E-state index in [9.17, 15) is 24.9 Å². The minimum absolute atomic E-state index is 0.0266. The second-order valence-corrected chi connectivity index (χ2v) is 9.51. The molecule has 0 radical (unpaired) electrons. The van der Waals surface area contributed by atoms with Crippen LogP contribution in [0.25, 0.3) is 0 Å². The van der Waals surface area contributed by atoms with E-state index in [1.807, 2.05) is 13.1 Å². The van der Waals surface area contributed by atoms with Crippen molar-refractivity contribution in [2.75, 3.05) is 13.6 Å². The number of phenols is 1. The van der Waals surface area contributed by atoms with Crippen molar-refractivity contribution < 1.29 is 39.5 Å². The number of benzene rings is 1. The van der Waals surface area contributed by atoms with Crippen molar-refractivity contribution in [3.05, 3.63) is 35.1 Å². The second kappa shape index (κ2) is 7.42. The van der Waals surface area contributed by atoms with Crippen molar-refractivity contribution >= 4 is 11.9 Å². The molecule has 2 bridgehead atoms. The number of likely N-dealkylation sites (tertiary alicyclic amines) is 1. The number of aliphatic carboxylic acids is 1. The third-order valence-electron chi connectivity index (χ3n) is 7.79. The highest BCUT2D eigenvalue weighted by Crippen LogP contribution is 2.64. The topological polar surface area (TPSA) is 149 Å². The van der Waals surface area contributed by atoms with Gasteiger partial charge in [0.05, 0.1) is 11.0 Å². The van der Waals surface area contributed by atoms with Gasteiger partial charge < -0.3 is 34.8 Å². The summed E-state index contributed by atoms with van der Waals surface area (Å²) in [5.74, 6) is -1.79. The minimum atomic E-state index is -1.92. The number of aliphatic hydroxyl groups is 2. The molecule has 0 aromatic heterocycles. The number of carboxylic acids is 1. The molecule has 2 aliphatic carbocycles. The number of esters is 1. The Morgan fingerprint density at radius 3 is 2.85 bits per heavy atom. The normalized spacial score (nSPS) is 33.8. The van der Waals surface area contributed by atoms with Crippen LogP contribution in [0, 0.1) is 0 Å². The average Bonchev–Trinajstić information content (AvgIpc) is 3.10. The molecule has 0 amide bonds. The summed E-state index contributed by atoms with van der Waals surface area (Å²) in [5.41, 5.74) is -0.295. The van der Waals surface area contributed by atoms with E-state index in [0.29, 0.717) is 18.6 Å². The number of rotatable bonds is 5. The molecule has 6 atom stereocenters. The summed E-state index contributed by atoms with van der Waals surface area (Å²) in [6.07, 6.45) is 1.13. The Labute approximate surface area is 190 Å². The van der Waals surface area contributed by atoms with Gasteiger partial charge in [0.25, 0.3) is 0 Å². The van der Waals surface area contributed by atoms with Gasteiger partial charge in [-0.05, 0) is 57.5 Å². The fourth-order valence-electron chi connectivity index (χ4n) is 6.27. The lowest BCUT2D eigenvalue weighted by Crippen LogP contribution is -2.69.